The molecule has 4 aromatic rings. The Morgan fingerprint density at radius 1 is 0.938 bits per heavy atom. The average molecular weight is 446 g/mol. The summed E-state index contributed by atoms with van der Waals surface area (Å²) in [5, 5.41) is 0.421. The number of carbonyl (C=O) groups excluding carboxylic acids is 2. The number of aryl methyl sites for hydroxylation is 1. The van der Waals surface area contributed by atoms with Gasteiger partial charge in [-0.05, 0) is 55.8 Å². The number of imide groups is 1. The first-order valence-corrected chi connectivity index (χ1v) is 10.4. The van der Waals surface area contributed by atoms with Crippen molar-refractivity contribution in [3.05, 3.63) is 93.9 Å². The quantitative estimate of drug-likeness (QED) is 0.376. The number of fused-ring (bicyclic) bond motifs is 2. The lowest BCUT2D eigenvalue weighted by molar-refractivity contribution is 0.0592. The third kappa shape index (κ3) is 3.15. The number of rotatable bonds is 3. The number of hydrogen-bond acceptors (Lipinski definition) is 4. The minimum atomic E-state index is -0.739. The molecule has 1 aromatic heterocycles. The van der Waals surface area contributed by atoms with E-state index in [4.69, 9.17) is 21.6 Å². The molecule has 2 heterocycles. The molecule has 0 spiro atoms. The zero-order chi connectivity index (χ0) is 22.6. The summed E-state index contributed by atoms with van der Waals surface area (Å²) < 4.78 is 14.0. The van der Waals surface area contributed by atoms with Gasteiger partial charge in [-0.2, -0.15) is 0 Å². The van der Waals surface area contributed by atoms with Gasteiger partial charge >= 0.3 is 0 Å². The topological polar surface area (TPSA) is 63.2 Å². The molecule has 158 valence electrons. The SMILES string of the molecule is Cc1cc(Cl)c2nc(-c3cccc(F)c3)c(C(C)N3C(=O)c4ccccc4C3=O)nc2c1. The van der Waals surface area contributed by atoms with Crippen LogP contribution in [0.25, 0.3) is 22.3 Å². The molecule has 0 saturated heterocycles. The lowest BCUT2D eigenvalue weighted by atomic mass is 10.0. The summed E-state index contributed by atoms with van der Waals surface area (Å²) in [5.74, 6) is -1.22. The monoisotopic (exact) mass is 445 g/mol. The number of halogens is 2. The molecule has 0 bridgehead atoms. The van der Waals surface area contributed by atoms with Crippen LogP contribution >= 0.6 is 11.6 Å². The molecule has 1 unspecified atom stereocenters. The summed E-state index contributed by atoms with van der Waals surface area (Å²) in [6, 6.07) is 15.5. The minimum absolute atomic E-state index is 0.351. The Kier molecular flexibility index (Phi) is 4.75. The van der Waals surface area contributed by atoms with Crippen LogP contribution in [-0.4, -0.2) is 26.7 Å². The van der Waals surface area contributed by atoms with Crippen LogP contribution in [0.3, 0.4) is 0 Å². The maximum atomic E-state index is 14.0. The van der Waals surface area contributed by atoms with E-state index in [1.54, 1.807) is 49.4 Å². The van der Waals surface area contributed by atoms with E-state index >= 15 is 0 Å². The summed E-state index contributed by atoms with van der Waals surface area (Å²) in [4.78, 5) is 36.8. The molecule has 3 aromatic carbocycles. The maximum Gasteiger partial charge on any atom is 0.262 e. The second-order valence-electron chi connectivity index (χ2n) is 7.78. The fourth-order valence-electron chi connectivity index (χ4n) is 4.09. The number of amides is 2. The van der Waals surface area contributed by atoms with Crippen LogP contribution in [0.2, 0.25) is 5.02 Å². The molecule has 5 rings (SSSR count). The van der Waals surface area contributed by atoms with Crippen molar-refractivity contribution in [2.75, 3.05) is 0 Å². The average Bonchev–Trinajstić information content (AvgIpc) is 3.03. The van der Waals surface area contributed by atoms with Crippen molar-refractivity contribution >= 4 is 34.4 Å². The third-order valence-electron chi connectivity index (χ3n) is 5.60. The Morgan fingerprint density at radius 2 is 1.62 bits per heavy atom. The Balaban J connectivity index is 1.73. The summed E-state index contributed by atoms with van der Waals surface area (Å²) in [7, 11) is 0. The molecule has 5 nitrogen and oxygen atoms in total. The van der Waals surface area contributed by atoms with Crippen LogP contribution in [0.5, 0.6) is 0 Å². The number of hydrogen-bond donors (Lipinski definition) is 0. The van der Waals surface area contributed by atoms with Crippen molar-refractivity contribution in [2.45, 2.75) is 19.9 Å². The fourth-order valence-corrected chi connectivity index (χ4v) is 4.40. The van der Waals surface area contributed by atoms with Gasteiger partial charge in [0.25, 0.3) is 11.8 Å². The van der Waals surface area contributed by atoms with Gasteiger partial charge in [0, 0.05) is 5.56 Å². The number of benzene rings is 3. The second-order valence-corrected chi connectivity index (χ2v) is 8.19. The summed E-state index contributed by atoms with van der Waals surface area (Å²) in [6.45, 7) is 3.61. The van der Waals surface area contributed by atoms with Crippen LogP contribution in [0, 0.1) is 12.7 Å². The lowest BCUT2D eigenvalue weighted by Crippen LogP contribution is -2.33. The van der Waals surface area contributed by atoms with Crippen LogP contribution in [0.4, 0.5) is 4.39 Å². The Labute approximate surface area is 188 Å². The van der Waals surface area contributed by atoms with Crippen LogP contribution in [0.1, 0.15) is 44.9 Å². The molecule has 0 N–H and O–H groups in total. The molecule has 1 aliphatic rings. The molecule has 2 amide bonds. The van der Waals surface area contributed by atoms with Gasteiger partial charge in [0.2, 0.25) is 0 Å². The van der Waals surface area contributed by atoms with E-state index in [-0.39, 0.29) is 0 Å². The molecular formula is C25H17ClFN3O2. The number of carbonyl (C=O) groups is 2. The van der Waals surface area contributed by atoms with Gasteiger partial charge < -0.3 is 0 Å². The normalized spacial score (nSPS) is 14.2. The second kappa shape index (κ2) is 7.50. The van der Waals surface area contributed by atoms with E-state index in [1.165, 1.54) is 17.0 Å². The minimum Gasteiger partial charge on any atom is -0.269 e. The van der Waals surface area contributed by atoms with Crippen LogP contribution < -0.4 is 0 Å². The molecule has 32 heavy (non-hydrogen) atoms. The molecule has 0 fully saturated rings. The van der Waals surface area contributed by atoms with Gasteiger partial charge in [-0.25, -0.2) is 14.4 Å². The smallest absolute Gasteiger partial charge is 0.262 e. The highest BCUT2D eigenvalue weighted by Gasteiger charge is 2.40. The van der Waals surface area contributed by atoms with Crippen molar-refractivity contribution in [3.8, 4) is 11.3 Å². The first kappa shape index (κ1) is 20.3. The van der Waals surface area contributed by atoms with Gasteiger partial charge in [-0.3, -0.25) is 14.5 Å². The van der Waals surface area contributed by atoms with Gasteiger partial charge in [-0.15, -0.1) is 0 Å². The predicted octanol–water partition coefficient (Wildman–Crippen LogP) is 5.75. The first-order chi connectivity index (χ1) is 15.3. The van der Waals surface area contributed by atoms with Gasteiger partial charge in [0.05, 0.1) is 39.1 Å². The largest absolute Gasteiger partial charge is 0.269 e. The van der Waals surface area contributed by atoms with Gasteiger partial charge in [0.1, 0.15) is 11.3 Å². The molecule has 0 saturated carbocycles. The van der Waals surface area contributed by atoms with E-state index in [0.29, 0.717) is 44.1 Å². The van der Waals surface area contributed by atoms with Crippen molar-refractivity contribution in [3.63, 3.8) is 0 Å². The van der Waals surface area contributed by atoms with E-state index in [2.05, 4.69) is 0 Å². The number of aromatic nitrogens is 2. The Bertz CT molecular complexity index is 1400. The molecule has 0 aliphatic carbocycles. The highest BCUT2D eigenvalue weighted by Crippen LogP contribution is 2.36. The fraction of sp³-hybridized carbons (Fsp3) is 0.120. The summed E-state index contributed by atoms with van der Waals surface area (Å²) in [5.41, 5.74) is 3.84. The lowest BCUT2D eigenvalue weighted by Gasteiger charge is -2.24. The summed E-state index contributed by atoms with van der Waals surface area (Å²) >= 11 is 6.42. The molecule has 1 aliphatic heterocycles. The molecule has 0 radical (unpaired) electrons. The standard InChI is InChI=1S/C25H17ClFN3O2/c1-13-10-19(26)23-20(11-13)28-21(22(29-23)15-6-5-7-16(27)12-15)14(2)30-24(31)17-8-3-4-9-18(17)25(30)32/h3-12,14H,1-2H3. The van der Waals surface area contributed by atoms with E-state index in [1.807, 2.05) is 13.0 Å². The van der Waals surface area contributed by atoms with Crippen molar-refractivity contribution in [1.82, 2.24) is 14.9 Å². The summed E-state index contributed by atoms with van der Waals surface area (Å²) in [6.07, 6.45) is 0. The van der Waals surface area contributed by atoms with Gasteiger partial charge in [-0.1, -0.05) is 35.9 Å². The van der Waals surface area contributed by atoms with Crippen molar-refractivity contribution in [2.24, 2.45) is 0 Å². The predicted molar refractivity (Wildman–Crippen MR) is 120 cm³/mol. The van der Waals surface area contributed by atoms with E-state index in [0.717, 1.165) is 5.56 Å². The molecule has 1 atom stereocenters. The first-order valence-electron chi connectivity index (χ1n) is 10.1. The van der Waals surface area contributed by atoms with Crippen molar-refractivity contribution in [1.29, 1.82) is 0 Å². The molecule has 7 heteroatoms. The zero-order valence-corrected chi connectivity index (χ0v) is 18.0. The Morgan fingerprint density at radius 3 is 2.28 bits per heavy atom. The van der Waals surface area contributed by atoms with Crippen LogP contribution in [-0.2, 0) is 0 Å². The zero-order valence-electron chi connectivity index (χ0n) is 17.3. The number of nitrogens with zero attached hydrogens (tertiary/aromatic N) is 3. The third-order valence-corrected chi connectivity index (χ3v) is 5.89. The van der Waals surface area contributed by atoms with E-state index in [9.17, 15) is 14.0 Å². The van der Waals surface area contributed by atoms with Crippen molar-refractivity contribution < 1.29 is 14.0 Å². The maximum absolute atomic E-state index is 14.0. The van der Waals surface area contributed by atoms with E-state index < -0.39 is 23.7 Å². The highest BCUT2D eigenvalue weighted by molar-refractivity contribution is 6.35. The molecular weight excluding hydrogens is 429 g/mol. The highest BCUT2D eigenvalue weighted by atomic mass is 35.5. The Hall–Kier alpha value is -3.64. The van der Waals surface area contributed by atoms with Crippen LogP contribution in [0.15, 0.2) is 60.7 Å². The van der Waals surface area contributed by atoms with Gasteiger partial charge in [0.15, 0.2) is 0 Å².